The number of allylic oxidation sites excluding steroid dienone is 6. The molecule has 394 valence electrons. The highest BCUT2D eigenvalue weighted by Crippen LogP contribution is 2.18. The van der Waals surface area contributed by atoms with Crippen molar-refractivity contribution in [2.45, 2.75) is 334 Å². The third-order valence-electron chi connectivity index (χ3n) is 13.7. The van der Waals surface area contributed by atoms with Crippen LogP contribution in [-0.2, 0) is 14.3 Å². The van der Waals surface area contributed by atoms with Gasteiger partial charge in [0.25, 0.3) is 0 Å². The predicted molar refractivity (Wildman–Crippen MR) is 292 cm³/mol. The van der Waals surface area contributed by atoms with Gasteiger partial charge in [-0.25, -0.2) is 0 Å². The molecule has 0 spiro atoms. The number of unbranched alkanes of at least 4 members (excludes halogenated alkanes) is 36. The quantitative estimate of drug-likeness (QED) is 0.0321. The van der Waals surface area contributed by atoms with Crippen LogP contribution in [0.1, 0.15) is 316 Å². The number of ether oxygens (including phenoxy) is 1. The zero-order valence-corrected chi connectivity index (χ0v) is 45.0. The molecule has 0 aromatic rings. The Morgan fingerprint density at radius 1 is 0.433 bits per heavy atom. The lowest BCUT2D eigenvalue weighted by atomic mass is 10.0. The standard InChI is InChI=1S/C61H115NO5/c1-4-7-10-13-16-19-22-25-28-29-30-31-33-36-39-42-45-48-51-54-61(66)67-57(52-49-46-43-40-37-34-32-26-23-20-17-14-11-8-5-2)55-60(65)62-58(56-63)59(64)53-50-47-44-41-38-35-27-24-21-18-15-12-9-6-3/h17,20,25-26,28,32,57-59,63-64H,4-16,18-19,21-24,27,29-31,33-56H2,1-3H3,(H,62,65)/b20-17-,28-25+,32-26-. The number of carbonyl (C=O) groups excluding carboxylic acids is 2. The van der Waals surface area contributed by atoms with E-state index < -0.39 is 18.2 Å². The van der Waals surface area contributed by atoms with Crippen LogP contribution in [0.15, 0.2) is 36.5 Å². The van der Waals surface area contributed by atoms with Gasteiger partial charge in [0.05, 0.1) is 25.2 Å². The van der Waals surface area contributed by atoms with Crippen LogP contribution >= 0.6 is 0 Å². The van der Waals surface area contributed by atoms with Gasteiger partial charge in [-0.05, 0) is 83.5 Å². The Morgan fingerprint density at radius 2 is 0.761 bits per heavy atom. The number of rotatable bonds is 54. The van der Waals surface area contributed by atoms with E-state index in [0.717, 1.165) is 64.2 Å². The first-order chi connectivity index (χ1) is 33.0. The van der Waals surface area contributed by atoms with Gasteiger partial charge < -0.3 is 20.3 Å². The van der Waals surface area contributed by atoms with Gasteiger partial charge in [-0.2, -0.15) is 0 Å². The molecule has 0 aliphatic heterocycles. The highest BCUT2D eigenvalue weighted by atomic mass is 16.5. The fraction of sp³-hybridized carbons (Fsp3) is 0.869. The molecule has 0 rings (SSSR count). The van der Waals surface area contributed by atoms with E-state index in [1.54, 1.807) is 0 Å². The molecule has 0 aromatic carbocycles. The Balaban J connectivity index is 4.53. The maximum Gasteiger partial charge on any atom is 0.306 e. The smallest absolute Gasteiger partial charge is 0.306 e. The first-order valence-electron chi connectivity index (χ1n) is 29.7. The summed E-state index contributed by atoms with van der Waals surface area (Å²) in [7, 11) is 0. The third kappa shape index (κ3) is 50.3. The zero-order chi connectivity index (χ0) is 48.8. The van der Waals surface area contributed by atoms with Crippen molar-refractivity contribution in [1.29, 1.82) is 0 Å². The van der Waals surface area contributed by atoms with Gasteiger partial charge in [0.1, 0.15) is 6.10 Å². The molecule has 6 heteroatoms. The number of nitrogens with one attached hydrogen (secondary N) is 1. The second-order valence-corrected chi connectivity index (χ2v) is 20.4. The van der Waals surface area contributed by atoms with E-state index in [2.05, 4.69) is 62.5 Å². The monoisotopic (exact) mass is 942 g/mol. The van der Waals surface area contributed by atoms with Crippen molar-refractivity contribution in [2.24, 2.45) is 0 Å². The molecule has 0 saturated heterocycles. The van der Waals surface area contributed by atoms with Gasteiger partial charge >= 0.3 is 5.97 Å². The minimum absolute atomic E-state index is 0.0706. The zero-order valence-electron chi connectivity index (χ0n) is 45.0. The van der Waals surface area contributed by atoms with Crippen molar-refractivity contribution in [2.75, 3.05) is 6.61 Å². The van der Waals surface area contributed by atoms with Crippen LogP contribution in [-0.4, -0.2) is 46.9 Å². The summed E-state index contributed by atoms with van der Waals surface area (Å²) in [6.45, 7) is 6.49. The van der Waals surface area contributed by atoms with Crippen LogP contribution in [0.2, 0.25) is 0 Å². The molecule has 0 saturated carbocycles. The number of hydrogen-bond donors (Lipinski definition) is 3. The summed E-state index contributed by atoms with van der Waals surface area (Å²) in [5, 5.41) is 23.9. The lowest BCUT2D eigenvalue weighted by Crippen LogP contribution is -2.46. The number of aliphatic hydroxyl groups is 2. The Bertz CT molecular complexity index is 1100. The molecule has 0 radical (unpaired) electrons. The van der Waals surface area contributed by atoms with E-state index in [9.17, 15) is 19.8 Å². The topological polar surface area (TPSA) is 95.9 Å². The average molecular weight is 943 g/mol. The largest absolute Gasteiger partial charge is 0.462 e. The molecule has 3 atom stereocenters. The summed E-state index contributed by atoms with van der Waals surface area (Å²) in [6.07, 6.45) is 66.4. The predicted octanol–water partition coefficient (Wildman–Crippen LogP) is 18.4. The van der Waals surface area contributed by atoms with Gasteiger partial charge in [0.15, 0.2) is 0 Å². The van der Waals surface area contributed by atoms with Gasteiger partial charge in [-0.1, -0.05) is 256 Å². The first kappa shape index (κ1) is 65.1. The molecular weight excluding hydrogens is 827 g/mol. The van der Waals surface area contributed by atoms with Crippen LogP contribution in [0.25, 0.3) is 0 Å². The number of hydrogen-bond acceptors (Lipinski definition) is 5. The van der Waals surface area contributed by atoms with Crippen molar-refractivity contribution in [3.8, 4) is 0 Å². The van der Waals surface area contributed by atoms with Crippen LogP contribution in [0.4, 0.5) is 0 Å². The molecular formula is C61H115NO5. The van der Waals surface area contributed by atoms with Gasteiger partial charge in [-0.15, -0.1) is 0 Å². The van der Waals surface area contributed by atoms with Crippen LogP contribution in [0, 0.1) is 0 Å². The van der Waals surface area contributed by atoms with Crippen molar-refractivity contribution in [3.05, 3.63) is 36.5 Å². The summed E-state index contributed by atoms with van der Waals surface area (Å²) >= 11 is 0. The maximum absolute atomic E-state index is 13.3. The molecule has 67 heavy (non-hydrogen) atoms. The van der Waals surface area contributed by atoms with E-state index in [1.807, 2.05) is 0 Å². The molecule has 0 aliphatic rings. The Morgan fingerprint density at radius 3 is 1.18 bits per heavy atom. The summed E-state index contributed by atoms with van der Waals surface area (Å²) in [4.78, 5) is 26.3. The number of amides is 1. The Kier molecular flexibility index (Phi) is 53.4. The molecule has 0 fully saturated rings. The van der Waals surface area contributed by atoms with E-state index in [0.29, 0.717) is 19.3 Å². The summed E-state index contributed by atoms with van der Waals surface area (Å²) in [5.74, 6) is -0.475. The van der Waals surface area contributed by atoms with E-state index in [4.69, 9.17) is 4.74 Å². The van der Waals surface area contributed by atoms with Crippen molar-refractivity contribution >= 4 is 11.9 Å². The van der Waals surface area contributed by atoms with Gasteiger partial charge in [-0.3, -0.25) is 9.59 Å². The van der Waals surface area contributed by atoms with Gasteiger partial charge in [0, 0.05) is 6.42 Å². The highest BCUT2D eigenvalue weighted by Gasteiger charge is 2.24. The van der Waals surface area contributed by atoms with Crippen LogP contribution in [0.5, 0.6) is 0 Å². The lowest BCUT2D eigenvalue weighted by Gasteiger charge is -2.24. The minimum atomic E-state index is -0.791. The minimum Gasteiger partial charge on any atom is -0.462 e. The fourth-order valence-corrected chi connectivity index (χ4v) is 9.16. The fourth-order valence-electron chi connectivity index (χ4n) is 9.16. The number of aliphatic hydroxyl groups excluding tert-OH is 2. The highest BCUT2D eigenvalue weighted by molar-refractivity contribution is 5.77. The molecule has 0 heterocycles. The molecule has 3 N–H and O–H groups in total. The van der Waals surface area contributed by atoms with E-state index in [-0.39, 0.29) is 24.9 Å². The van der Waals surface area contributed by atoms with E-state index >= 15 is 0 Å². The van der Waals surface area contributed by atoms with Crippen molar-refractivity contribution in [3.63, 3.8) is 0 Å². The van der Waals surface area contributed by atoms with E-state index in [1.165, 1.54) is 205 Å². The maximum atomic E-state index is 13.3. The molecule has 0 aromatic heterocycles. The number of carbonyl (C=O) groups is 2. The first-order valence-corrected chi connectivity index (χ1v) is 29.7. The molecule has 3 unspecified atom stereocenters. The molecule has 0 bridgehead atoms. The summed E-state index contributed by atoms with van der Waals surface area (Å²) in [6, 6.07) is -0.705. The Hall–Kier alpha value is -1.92. The SMILES string of the molecule is CCCCC/C=C\C/C=C\CCCCCCCC(CC(=O)NC(CO)C(O)CCCCCCCCCCCCCCCC)OC(=O)CCCCCCCCCCC/C=C/CCCCCCCC. The second kappa shape index (κ2) is 55.0. The molecule has 6 nitrogen and oxygen atoms in total. The lowest BCUT2D eigenvalue weighted by molar-refractivity contribution is -0.151. The normalized spacial score (nSPS) is 13.3. The van der Waals surface area contributed by atoms with Crippen LogP contribution in [0.3, 0.4) is 0 Å². The van der Waals surface area contributed by atoms with Gasteiger partial charge in [0.2, 0.25) is 5.91 Å². The van der Waals surface area contributed by atoms with Crippen molar-refractivity contribution in [1.82, 2.24) is 5.32 Å². The summed E-state index contributed by atoms with van der Waals surface area (Å²) < 4.78 is 5.97. The number of esters is 1. The molecule has 1 amide bonds. The Labute approximate surface area is 417 Å². The van der Waals surface area contributed by atoms with Crippen LogP contribution < -0.4 is 5.32 Å². The summed E-state index contributed by atoms with van der Waals surface area (Å²) in [5.41, 5.74) is 0. The molecule has 0 aliphatic carbocycles. The second-order valence-electron chi connectivity index (χ2n) is 20.4. The average Bonchev–Trinajstić information content (AvgIpc) is 3.32. The third-order valence-corrected chi connectivity index (χ3v) is 13.7. The van der Waals surface area contributed by atoms with Crippen molar-refractivity contribution < 1.29 is 24.5 Å².